The van der Waals surface area contributed by atoms with Gasteiger partial charge < -0.3 is 10.2 Å². The highest BCUT2D eigenvalue weighted by Crippen LogP contribution is 2.30. The number of hydrogen-bond donors (Lipinski definition) is 1. The van der Waals surface area contributed by atoms with Crippen LogP contribution in [0.2, 0.25) is 0 Å². The largest absolute Gasteiger partial charge is 0.338 e. The van der Waals surface area contributed by atoms with E-state index in [0.717, 1.165) is 24.7 Å². The Morgan fingerprint density at radius 2 is 2.22 bits per heavy atom. The summed E-state index contributed by atoms with van der Waals surface area (Å²) in [7, 11) is 1.95. The molecule has 1 aromatic heterocycles. The minimum atomic E-state index is 0.686. The van der Waals surface area contributed by atoms with Gasteiger partial charge in [0.05, 0.1) is 0 Å². The summed E-state index contributed by atoms with van der Waals surface area (Å²) >= 11 is 0. The van der Waals surface area contributed by atoms with Gasteiger partial charge >= 0.3 is 0 Å². The summed E-state index contributed by atoms with van der Waals surface area (Å²) in [5.74, 6) is 0.920. The fraction of sp³-hybridized carbons (Fsp3) is 0.714. The van der Waals surface area contributed by atoms with Crippen molar-refractivity contribution in [2.45, 2.75) is 52.1 Å². The highest BCUT2D eigenvalue weighted by atomic mass is 15.3. The van der Waals surface area contributed by atoms with Crippen molar-refractivity contribution in [2.75, 3.05) is 18.5 Å². The van der Waals surface area contributed by atoms with Crippen molar-refractivity contribution in [3.63, 3.8) is 0 Å². The van der Waals surface area contributed by atoms with Gasteiger partial charge in [0.15, 0.2) is 0 Å². The van der Waals surface area contributed by atoms with Gasteiger partial charge in [-0.15, -0.1) is 0 Å². The number of anilines is 1. The van der Waals surface area contributed by atoms with Crippen molar-refractivity contribution >= 4 is 5.95 Å². The Kier molecular flexibility index (Phi) is 4.53. The van der Waals surface area contributed by atoms with E-state index in [1.807, 2.05) is 13.2 Å². The van der Waals surface area contributed by atoms with E-state index in [9.17, 15) is 0 Å². The van der Waals surface area contributed by atoms with Gasteiger partial charge in [-0.2, -0.15) is 0 Å². The van der Waals surface area contributed by atoms with Crippen LogP contribution in [0.3, 0.4) is 0 Å². The highest BCUT2D eigenvalue weighted by molar-refractivity contribution is 5.36. The molecule has 4 heteroatoms. The Morgan fingerprint density at radius 3 is 2.78 bits per heavy atom. The Hall–Kier alpha value is -1.16. The number of nitrogens with one attached hydrogen (secondary N) is 1. The fourth-order valence-corrected chi connectivity index (χ4v) is 2.14. The maximum atomic E-state index is 4.68. The van der Waals surface area contributed by atoms with E-state index in [2.05, 4.69) is 34.0 Å². The molecule has 100 valence electrons. The summed E-state index contributed by atoms with van der Waals surface area (Å²) in [6.07, 6.45) is 7.00. The first kappa shape index (κ1) is 13.3. The van der Waals surface area contributed by atoms with E-state index in [-0.39, 0.29) is 0 Å². The highest BCUT2D eigenvalue weighted by Gasteiger charge is 2.30. The van der Waals surface area contributed by atoms with E-state index >= 15 is 0 Å². The van der Waals surface area contributed by atoms with Crippen molar-refractivity contribution < 1.29 is 0 Å². The van der Waals surface area contributed by atoms with Crippen LogP contribution in [0, 0.1) is 6.92 Å². The van der Waals surface area contributed by atoms with E-state index < -0.39 is 0 Å². The van der Waals surface area contributed by atoms with Gasteiger partial charge in [-0.05, 0) is 33.2 Å². The molecule has 1 aromatic rings. The molecule has 1 saturated carbocycles. The van der Waals surface area contributed by atoms with Gasteiger partial charge in [0, 0.05) is 36.6 Å². The average Bonchev–Trinajstić information content (AvgIpc) is 3.17. The predicted molar refractivity (Wildman–Crippen MR) is 74.8 cm³/mol. The summed E-state index contributed by atoms with van der Waals surface area (Å²) < 4.78 is 0. The van der Waals surface area contributed by atoms with Crippen LogP contribution in [0.4, 0.5) is 5.95 Å². The van der Waals surface area contributed by atoms with Gasteiger partial charge in [-0.3, -0.25) is 0 Å². The topological polar surface area (TPSA) is 41.1 Å². The molecular weight excluding hydrogens is 224 g/mol. The SMILES string of the molecule is CCCCN(c1ncc(CNC)c(C)n1)C1CC1. The molecule has 1 fully saturated rings. The Morgan fingerprint density at radius 1 is 1.44 bits per heavy atom. The number of unbranched alkanes of at least 4 members (excludes halogenated alkanes) is 1. The minimum Gasteiger partial charge on any atom is -0.338 e. The first-order valence-electron chi connectivity index (χ1n) is 7.00. The third-order valence-corrected chi connectivity index (χ3v) is 3.43. The first-order chi connectivity index (χ1) is 8.76. The van der Waals surface area contributed by atoms with E-state index in [4.69, 9.17) is 0 Å². The van der Waals surface area contributed by atoms with Crippen molar-refractivity contribution in [2.24, 2.45) is 0 Å². The molecule has 0 aliphatic heterocycles. The van der Waals surface area contributed by atoms with Gasteiger partial charge in [0.1, 0.15) is 0 Å². The van der Waals surface area contributed by atoms with E-state index in [0.29, 0.717) is 6.04 Å². The smallest absolute Gasteiger partial charge is 0.225 e. The molecule has 0 aromatic carbocycles. The lowest BCUT2D eigenvalue weighted by molar-refractivity contribution is 0.689. The van der Waals surface area contributed by atoms with Crippen LogP contribution < -0.4 is 10.2 Å². The van der Waals surface area contributed by atoms with Gasteiger partial charge in [-0.25, -0.2) is 9.97 Å². The second-order valence-electron chi connectivity index (χ2n) is 5.09. The molecule has 0 bridgehead atoms. The Labute approximate surface area is 110 Å². The molecule has 2 rings (SSSR count). The molecule has 0 atom stereocenters. The Bertz CT molecular complexity index is 387. The van der Waals surface area contributed by atoms with Crippen LogP contribution in [0.15, 0.2) is 6.20 Å². The van der Waals surface area contributed by atoms with Crippen LogP contribution in [0.1, 0.15) is 43.9 Å². The molecule has 1 aliphatic rings. The predicted octanol–water partition coefficient (Wildman–Crippen LogP) is 2.27. The zero-order valence-corrected chi connectivity index (χ0v) is 11.7. The van der Waals surface area contributed by atoms with Crippen molar-refractivity contribution in [1.29, 1.82) is 0 Å². The third-order valence-electron chi connectivity index (χ3n) is 3.43. The molecule has 0 amide bonds. The van der Waals surface area contributed by atoms with Crippen LogP contribution in [0.25, 0.3) is 0 Å². The summed E-state index contributed by atoms with van der Waals surface area (Å²) in [6, 6.07) is 0.686. The van der Waals surface area contributed by atoms with Crippen LogP contribution in [0.5, 0.6) is 0 Å². The molecule has 1 aliphatic carbocycles. The number of aromatic nitrogens is 2. The minimum absolute atomic E-state index is 0.686. The second-order valence-corrected chi connectivity index (χ2v) is 5.09. The molecule has 1 N–H and O–H groups in total. The molecule has 0 radical (unpaired) electrons. The van der Waals surface area contributed by atoms with Gasteiger partial charge in [0.2, 0.25) is 5.95 Å². The molecule has 0 unspecified atom stereocenters. The lowest BCUT2D eigenvalue weighted by Gasteiger charge is -2.22. The normalized spacial score (nSPS) is 14.8. The van der Waals surface area contributed by atoms with Crippen LogP contribution in [-0.4, -0.2) is 29.6 Å². The molecule has 0 spiro atoms. The quantitative estimate of drug-likeness (QED) is 0.803. The zero-order valence-electron chi connectivity index (χ0n) is 11.7. The number of aryl methyl sites for hydroxylation is 1. The van der Waals surface area contributed by atoms with Crippen LogP contribution >= 0.6 is 0 Å². The van der Waals surface area contributed by atoms with Gasteiger partial charge in [0.25, 0.3) is 0 Å². The molecule has 4 nitrogen and oxygen atoms in total. The standard InChI is InChI=1S/C14H24N4/c1-4-5-8-18(13-6-7-13)14-16-10-12(9-15-3)11(2)17-14/h10,13,15H,4-9H2,1-3H3. The maximum Gasteiger partial charge on any atom is 0.225 e. The first-order valence-corrected chi connectivity index (χ1v) is 7.00. The fourth-order valence-electron chi connectivity index (χ4n) is 2.14. The monoisotopic (exact) mass is 248 g/mol. The lowest BCUT2D eigenvalue weighted by atomic mass is 10.2. The van der Waals surface area contributed by atoms with Crippen molar-refractivity contribution in [1.82, 2.24) is 15.3 Å². The second kappa shape index (κ2) is 6.14. The molecule has 0 saturated heterocycles. The third kappa shape index (κ3) is 3.19. The van der Waals surface area contributed by atoms with Crippen LogP contribution in [-0.2, 0) is 6.54 Å². The van der Waals surface area contributed by atoms with Gasteiger partial charge in [-0.1, -0.05) is 13.3 Å². The number of rotatable bonds is 7. The summed E-state index contributed by atoms with van der Waals surface area (Å²) in [5.41, 5.74) is 2.28. The molecular formula is C14H24N4. The van der Waals surface area contributed by atoms with Crippen molar-refractivity contribution in [3.05, 3.63) is 17.5 Å². The summed E-state index contributed by atoms with van der Waals surface area (Å²) in [4.78, 5) is 11.6. The Balaban J connectivity index is 2.12. The maximum absolute atomic E-state index is 4.68. The summed E-state index contributed by atoms with van der Waals surface area (Å²) in [6.45, 7) is 6.23. The van der Waals surface area contributed by atoms with E-state index in [1.165, 1.54) is 31.2 Å². The number of nitrogens with zero attached hydrogens (tertiary/aromatic N) is 3. The number of hydrogen-bond acceptors (Lipinski definition) is 4. The molecule has 1 heterocycles. The zero-order chi connectivity index (χ0) is 13.0. The lowest BCUT2D eigenvalue weighted by Crippen LogP contribution is -2.29. The molecule has 18 heavy (non-hydrogen) atoms. The average molecular weight is 248 g/mol. The van der Waals surface area contributed by atoms with E-state index in [1.54, 1.807) is 0 Å². The summed E-state index contributed by atoms with van der Waals surface area (Å²) in [5, 5.41) is 3.15. The van der Waals surface area contributed by atoms with Crippen molar-refractivity contribution in [3.8, 4) is 0 Å².